The summed E-state index contributed by atoms with van der Waals surface area (Å²) in [7, 11) is 0. The summed E-state index contributed by atoms with van der Waals surface area (Å²) in [6.45, 7) is 4.54. The van der Waals surface area contributed by atoms with Gasteiger partial charge in [0, 0.05) is 42.9 Å². The molecule has 1 heterocycles. The molecule has 4 aromatic rings. The molecule has 0 spiro atoms. The maximum absolute atomic E-state index is 14.0. The van der Waals surface area contributed by atoms with E-state index in [1.165, 1.54) is 0 Å². The number of carbonyl (C=O) groups excluding carboxylic acids is 3. The van der Waals surface area contributed by atoms with E-state index < -0.39 is 6.04 Å². The van der Waals surface area contributed by atoms with Crippen LogP contribution in [0.1, 0.15) is 54.6 Å². The van der Waals surface area contributed by atoms with Crippen LogP contribution in [0.2, 0.25) is 10.0 Å². The third kappa shape index (κ3) is 6.87. The average molecular weight is 617 g/mol. The van der Waals surface area contributed by atoms with Crippen LogP contribution in [0.25, 0.3) is 10.8 Å². The molecule has 0 saturated heterocycles. The van der Waals surface area contributed by atoms with Crippen LogP contribution in [0.3, 0.4) is 0 Å². The summed E-state index contributed by atoms with van der Waals surface area (Å²) >= 11 is 12.5. The Hall–Kier alpha value is -3.87. The van der Waals surface area contributed by atoms with Crippen LogP contribution in [-0.2, 0) is 22.6 Å². The van der Waals surface area contributed by atoms with E-state index in [0.29, 0.717) is 35.0 Å². The van der Waals surface area contributed by atoms with Gasteiger partial charge in [-0.2, -0.15) is 0 Å². The molecule has 1 aliphatic rings. The topological polar surface area (TPSA) is 69.7 Å². The van der Waals surface area contributed by atoms with Crippen LogP contribution in [0.5, 0.6) is 0 Å². The van der Waals surface area contributed by atoms with Crippen molar-refractivity contribution in [2.75, 3.05) is 11.4 Å². The number of benzene rings is 4. The minimum absolute atomic E-state index is 0.0433. The Morgan fingerprint density at radius 2 is 1.65 bits per heavy atom. The summed E-state index contributed by atoms with van der Waals surface area (Å²) in [4.78, 5) is 44.4. The zero-order valence-corrected chi connectivity index (χ0v) is 25.9. The Bertz CT molecular complexity index is 1640. The maximum atomic E-state index is 14.0. The van der Waals surface area contributed by atoms with E-state index in [0.717, 1.165) is 34.0 Å². The van der Waals surface area contributed by atoms with E-state index in [1.54, 1.807) is 21.9 Å². The summed E-state index contributed by atoms with van der Waals surface area (Å²) in [6, 6.07) is 25.8. The second kappa shape index (κ2) is 13.6. The molecule has 1 aliphatic heterocycles. The third-order valence-corrected chi connectivity index (χ3v) is 8.77. The van der Waals surface area contributed by atoms with Crippen LogP contribution in [0.15, 0.2) is 84.9 Å². The molecule has 4 aromatic carbocycles. The first-order valence-corrected chi connectivity index (χ1v) is 15.4. The highest BCUT2D eigenvalue weighted by atomic mass is 35.5. The maximum Gasteiger partial charge on any atom is 0.258 e. The molecule has 43 heavy (non-hydrogen) atoms. The fourth-order valence-corrected chi connectivity index (χ4v) is 5.88. The SMILES string of the molecule is CC[C@H](C)NC(=O)[C@@H](Cc1ccccc1)N(Cc1ccc(Cl)c(Cl)c1)C(=O)CCCN1C(=O)c2cccc3cccc1c23. The molecule has 0 unspecified atom stereocenters. The van der Waals surface area contributed by atoms with Crippen LogP contribution < -0.4 is 10.2 Å². The number of nitrogens with one attached hydrogen (secondary N) is 1. The van der Waals surface area contributed by atoms with Crippen molar-refractivity contribution in [1.29, 1.82) is 0 Å². The number of nitrogens with zero attached hydrogens (tertiary/aromatic N) is 2. The van der Waals surface area contributed by atoms with Gasteiger partial charge in [-0.15, -0.1) is 0 Å². The van der Waals surface area contributed by atoms with Gasteiger partial charge in [0.25, 0.3) is 5.91 Å². The van der Waals surface area contributed by atoms with Crippen LogP contribution in [0, 0.1) is 0 Å². The average Bonchev–Trinajstić information content (AvgIpc) is 3.29. The minimum atomic E-state index is -0.746. The Morgan fingerprint density at radius 1 is 0.907 bits per heavy atom. The van der Waals surface area contributed by atoms with E-state index in [-0.39, 0.29) is 36.7 Å². The van der Waals surface area contributed by atoms with E-state index in [2.05, 4.69) is 5.32 Å². The summed E-state index contributed by atoms with van der Waals surface area (Å²) < 4.78 is 0. The molecule has 0 saturated carbocycles. The zero-order chi connectivity index (χ0) is 30.5. The lowest BCUT2D eigenvalue weighted by Gasteiger charge is -2.32. The summed E-state index contributed by atoms with van der Waals surface area (Å²) in [5.41, 5.74) is 3.28. The van der Waals surface area contributed by atoms with Crippen molar-refractivity contribution in [2.24, 2.45) is 0 Å². The molecule has 5 rings (SSSR count). The number of amides is 3. The first kappa shape index (κ1) is 30.6. The van der Waals surface area contributed by atoms with Gasteiger partial charge in [-0.25, -0.2) is 0 Å². The molecule has 0 aromatic heterocycles. The lowest BCUT2D eigenvalue weighted by atomic mass is 10.0. The van der Waals surface area contributed by atoms with Gasteiger partial charge >= 0.3 is 0 Å². The molecule has 0 aliphatic carbocycles. The van der Waals surface area contributed by atoms with Crippen molar-refractivity contribution in [3.8, 4) is 0 Å². The number of carbonyl (C=O) groups is 3. The molecule has 6 nitrogen and oxygen atoms in total. The molecule has 1 N–H and O–H groups in total. The molecular formula is C35H35Cl2N3O3. The molecule has 2 atom stereocenters. The number of halogens is 2. The highest BCUT2D eigenvalue weighted by molar-refractivity contribution is 6.42. The van der Waals surface area contributed by atoms with Gasteiger partial charge in [0.05, 0.1) is 15.7 Å². The Balaban J connectivity index is 1.39. The molecule has 3 amide bonds. The second-order valence-electron chi connectivity index (χ2n) is 11.0. The predicted molar refractivity (Wildman–Crippen MR) is 174 cm³/mol. The van der Waals surface area contributed by atoms with Gasteiger partial charge in [-0.05, 0) is 60.5 Å². The zero-order valence-electron chi connectivity index (χ0n) is 24.4. The number of hydrogen-bond donors (Lipinski definition) is 1. The molecule has 8 heteroatoms. The van der Waals surface area contributed by atoms with Gasteiger partial charge in [0.1, 0.15) is 6.04 Å². The van der Waals surface area contributed by atoms with Crippen LogP contribution >= 0.6 is 23.2 Å². The fourth-order valence-electron chi connectivity index (χ4n) is 5.56. The highest BCUT2D eigenvalue weighted by Gasteiger charge is 2.32. The van der Waals surface area contributed by atoms with Gasteiger partial charge < -0.3 is 15.1 Å². The number of rotatable bonds is 12. The van der Waals surface area contributed by atoms with Crippen LogP contribution in [0.4, 0.5) is 5.69 Å². The lowest BCUT2D eigenvalue weighted by Crippen LogP contribution is -2.52. The lowest BCUT2D eigenvalue weighted by molar-refractivity contribution is -0.141. The summed E-state index contributed by atoms with van der Waals surface area (Å²) in [5.74, 6) is -0.432. The van der Waals surface area contributed by atoms with Gasteiger partial charge in [0.2, 0.25) is 11.8 Å². The van der Waals surface area contributed by atoms with Crippen molar-refractivity contribution < 1.29 is 14.4 Å². The molecule has 0 fully saturated rings. The Morgan fingerprint density at radius 3 is 2.37 bits per heavy atom. The van der Waals surface area contributed by atoms with Crippen molar-refractivity contribution in [1.82, 2.24) is 10.2 Å². The Kier molecular flexibility index (Phi) is 9.69. The number of hydrogen-bond acceptors (Lipinski definition) is 3. The predicted octanol–water partition coefficient (Wildman–Crippen LogP) is 7.44. The summed E-state index contributed by atoms with van der Waals surface area (Å²) in [5, 5.41) is 5.86. The standard InChI is InChI=1S/C35H35Cl2N3O3/c1-3-23(2)38-34(42)31(21-24-10-5-4-6-11-24)40(22-25-17-18-28(36)29(37)20-25)32(41)16-9-19-39-30-15-8-13-26-12-7-14-27(33(26)30)35(39)43/h4-8,10-15,17-18,20,23,31H,3,9,16,19,21-22H2,1-2H3,(H,38,42)/t23-,31+/m0/s1. The van der Waals surface area contributed by atoms with Crippen molar-refractivity contribution >= 4 is 57.4 Å². The highest BCUT2D eigenvalue weighted by Crippen LogP contribution is 2.37. The van der Waals surface area contributed by atoms with Gasteiger partial charge in [0.15, 0.2) is 0 Å². The smallest absolute Gasteiger partial charge is 0.258 e. The van der Waals surface area contributed by atoms with E-state index >= 15 is 0 Å². The van der Waals surface area contributed by atoms with E-state index in [4.69, 9.17) is 23.2 Å². The van der Waals surface area contributed by atoms with Crippen LogP contribution in [-0.4, -0.2) is 41.2 Å². The molecular weight excluding hydrogens is 581 g/mol. The van der Waals surface area contributed by atoms with Crippen molar-refractivity contribution in [2.45, 2.75) is 58.2 Å². The first-order valence-electron chi connectivity index (χ1n) is 14.7. The normalized spacial score (nSPS) is 13.7. The van der Waals surface area contributed by atoms with Crippen molar-refractivity contribution in [3.63, 3.8) is 0 Å². The first-order chi connectivity index (χ1) is 20.8. The monoisotopic (exact) mass is 615 g/mol. The molecule has 222 valence electrons. The van der Waals surface area contributed by atoms with Gasteiger partial charge in [-0.1, -0.05) is 90.8 Å². The van der Waals surface area contributed by atoms with E-state index in [9.17, 15) is 14.4 Å². The van der Waals surface area contributed by atoms with Gasteiger partial charge in [-0.3, -0.25) is 14.4 Å². The second-order valence-corrected chi connectivity index (χ2v) is 11.8. The summed E-state index contributed by atoms with van der Waals surface area (Å²) in [6.07, 6.45) is 1.73. The number of anilines is 1. The largest absolute Gasteiger partial charge is 0.352 e. The quantitative estimate of drug-likeness (QED) is 0.180. The molecule has 0 bridgehead atoms. The van der Waals surface area contributed by atoms with E-state index in [1.807, 2.05) is 86.6 Å². The minimum Gasteiger partial charge on any atom is -0.352 e. The molecule has 0 radical (unpaired) electrons. The Labute approximate surface area is 262 Å². The third-order valence-electron chi connectivity index (χ3n) is 8.03. The van der Waals surface area contributed by atoms with Crippen molar-refractivity contribution in [3.05, 3.63) is 112 Å². The fraction of sp³-hybridized carbons (Fsp3) is 0.286.